The number of rotatable bonds is 5. The van der Waals surface area contributed by atoms with Crippen LogP contribution >= 0.6 is 11.6 Å². The standard InChI is InChI=1S/C12H14ClNO3/c1-8(2-7-11(15)16)14-12(17)9-3-5-10(13)6-4-9/h3-6,8H,2,7H2,1H3,(H,14,17)(H,15,16). The van der Waals surface area contributed by atoms with E-state index < -0.39 is 5.97 Å². The minimum Gasteiger partial charge on any atom is -0.481 e. The van der Waals surface area contributed by atoms with Crippen molar-refractivity contribution >= 4 is 23.5 Å². The number of carbonyl (C=O) groups excluding carboxylic acids is 1. The summed E-state index contributed by atoms with van der Waals surface area (Å²) in [6.07, 6.45) is 0.455. The third kappa shape index (κ3) is 4.87. The lowest BCUT2D eigenvalue weighted by atomic mass is 10.1. The van der Waals surface area contributed by atoms with Gasteiger partial charge in [-0.2, -0.15) is 0 Å². The Labute approximate surface area is 105 Å². The van der Waals surface area contributed by atoms with Crippen molar-refractivity contribution in [3.8, 4) is 0 Å². The van der Waals surface area contributed by atoms with Crippen LogP contribution in [0, 0.1) is 0 Å². The van der Waals surface area contributed by atoms with E-state index in [1.807, 2.05) is 0 Å². The van der Waals surface area contributed by atoms with E-state index in [1.54, 1.807) is 31.2 Å². The molecule has 0 bridgehead atoms. The average molecular weight is 256 g/mol. The smallest absolute Gasteiger partial charge is 0.303 e. The summed E-state index contributed by atoms with van der Waals surface area (Å²) in [6, 6.07) is 6.36. The lowest BCUT2D eigenvalue weighted by molar-refractivity contribution is -0.137. The first-order valence-corrected chi connectivity index (χ1v) is 5.65. The molecule has 1 atom stereocenters. The number of nitrogens with one attached hydrogen (secondary N) is 1. The quantitative estimate of drug-likeness (QED) is 0.849. The van der Waals surface area contributed by atoms with Crippen LogP contribution in [0.1, 0.15) is 30.1 Å². The summed E-state index contributed by atoms with van der Waals surface area (Å²) in [5.41, 5.74) is 0.511. The van der Waals surface area contributed by atoms with Gasteiger partial charge in [0, 0.05) is 23.0 Å². The zero-order valence-electron chi connectivity index (χ0n) is 9.44. The van der Waals surface area contributed by atoms with E-state index in [-0.39, 0.29) is 18.4 Å². The molecule has 17 heavy (non-hydrogen) atoms. The largest absolute Gasteiger partial charge is 0.481 e. The van der Waals surface area contributed by atoms with E-state index >= 15 is 0 Å². The van der Waals surface area contributed by atoms with Crippen LogP contribution in [0.15, 0.2) is 24.3 Å². The second-order valence-corrected chi connectivity index (χ2v) is 4.25. The topological polar surface area (TPSA) is 66.4 Å². The zero-order chi connectivity index (χ0) is 12.8. The van der Waals surface area contributed by atoms with Crippen molar-refractivity contribution in [2.24, 2.45) is 0 Å². The molecule has 0 fully saturated rings. The molecule has 0 aliphatic rings. The first kappa shape index (κ1) is 13.5. The van der Waals surface area contributed by atoms with Crippen molar-refractivity contribution in [1.29, 1.82) is 0 Å². The van der Waals surface area contributed by atoms with Crippen molar-refractivity contribution in [3.05, 3.63) is 34.9 Å². The second-order valence-electron chi connectivity index (χ2n) is 3.81. The summed E-state index contributed by atoms with van der Waals surface area (Å²) < 4.78 is 0. The Morgan fingerprint density at radius 3 is 2.47 bits per heavy atom. The first-order chi connectivity index (χ1) is 7.99. The number of carbonyl (C=O) groups is 2. The fourth-order valence-electron chi connectivity index (χ4n) is 1.32. The van der Waals surface area contributed by atoms with E-state index in [4.69, 9.17) is 16.7 Å². The molecule has 0 aromatic heterocycles. The van der Waals surface area contributed by atoms with Crippen LogP contribution in [0.3, 0.4) is 0 Å². The predicted octanol–water partition coefficient (Wildman–Crippen LogP) is 2.32. The van der Waals surface area contributed by atoms with Crippen LogP contribution in [0.4, 0.5) is 0 Å². The molecular weight excluding hydrogens is 242 g/mol. The fourth-order valence-corrected chi connectivity index (χ4v) is 1.45. The van der Waals surface area contributed by atoms with E-state index in [2.05, 4.69) is 5.32 Å². The lowest BCUT2D eigenvalue weighted by Gasteiger charge is -2.12. The van der Waals surface area contributed by atoms with Gasteiger partial charge in [0.15, 0.2) is 0 Å². The van der Waals surface area contributed by atoms with Gasteiger partial charge >= 0.3 is 5.97 Å². The molecule has 2 N–H and O–H groups in total. The summed E-state index contributed by atoms with van der Waals surface area (Å²) in [7, 11) is 0. The lowest BCUT2D eigenvalue weighted by Crippen LogP contribution is -2.32. The highest BCUT2D eigenvalue weighted by atomic mass is 35.5. The van der Waals surface area contributed by atoms with Gasteiger partial charge < -0.3 is 10.4 Å². The fraction of sp³-hybridized carbons (Fsp3) is 0.333. The third-order valence-corrected chi connectivity index (χ3v) is 2.53. The van der Waals surface area contributed by atoms with Gasteiger partial charge in [-0.05, 0) is 37.6 Å². The normalized spacial score (nSPS) is 11.9. The van der Waals surface area contributed by atoms with Crippen LogP contribution < -0.4 is 5.32 Å². The van der Waals surface area contributed by atoms with Gasteiger partial charge in [-0.15, -0.1) is 0 Å². The van der Waals surface area contributed by atoms with Crippen molar-refractivity contribution in [2.45, 2.75) is 25.8 Å². The Kier molecular flexibility index (Phi) is 4.97. The molecule has 5 heteroatoms. The molecule has 1 aromatic carbocycles. The van der Waals surface area contributed by atoms with Crippen LogP contribution in [0.5, 0.6) is 0 Å². The molecular formula is C12H14ClNO3. The molecule has 0 aliphatic carbocycles. The van der Waals surface area contributed by atoms with Gasteiger partial charge in [-0.1, -0.05) is 11.6 Å². The summed E-state index contributed by atoms with van der Waals surface area (Å²) in [5, 5.41) is 11.8. The molecule has 0 spiro atoms. The van der Waals surface area contributed by atoms with Crippen LogP contribution in [0.25, 0.3) is 0 Å². The summed E-state index contributed by atoms with van der Waals surface area (Å²) in [6.45, 7) is 1.77. The maximum absolute atomic E-state index is 11.7. The minimum absolute atomic E-state index is 0.0437. The SMILES string of the molecule is CC(CCC(=O)O)NC(=O)c1ccc(Cl)cc1. The number of carboxylic acid groups (broad SMARTS) is 1. The Bertz CT molecular complexity index is 403. The first-order valence-electron chi connectivity index (χ1n) is 5.27. The van der Waals surface area contributed by atoms with E-state index in [0.717, 1.165) is 0 Å². The number of aliphatic carboxylic acids is 1. The van der Waals surface area contributed by atoms with Crippen molar-refractivity contribution in [2.75, 3.05) is 0 Å². The molecule has 1 amide bonds. The van der Waals surface area contributed by atoms with E-state index in [0.29, 0.717) is 17.0 Å². The van der Waals surface area contributed by atoms with Crippen LogP contribution in [-0.2, 0) is 4.79 Å². The van der Waals surface area contributed by atoms with Crippen LogP contribution in [0.2, 0.25) is 5.02 Å². The van der Waals surface area contributed by atoms with Crippen molar-refractivity contribution in [1.82, 2.24) is 5.32 Å². The molecule has 92 valence electrons. The average Bonchev–Trinajstić information content (AvgIpc) is 2.27. The molecule has 1 aromatic rings. The molecule has 1 unspecified atom stereocenters. The number of benzene rings is 1. The van der Waals surface area contributed by atoms with E-state index in [9.17, 15) is 9.59 Å². The molecule has 0 saturated carbocycles. The molecule has 0 saturated heterocycles. The third-order valence-electron chi connectivity index (χ3n) is 2.28. The van der Waals surface area contributed by atoms with Gasteiger partial charge in [0.25, 0.3) is 5.91 Å². The molecule has 1 rings (SSSR count). The molecule has 0 radical (unpaired) electrons. The Hall–Kier alpha value is -1.55. The van der Waals surface area contributed by atoms with Crippen LogP contribution in [-0.4, -0.2) is 23.0 Å². The van der Waals surface area contributed by atoms with Gasteiger partial charge in [0.05, 0.1) is 0 Å². The van der Waals surface area contributed by atoms with Gasteiger partial charge in [-0.25, -0.2) is 0 Å². The number of halogens is 1. The highest BCUT2D eigenvalue weighted by molar-refractivity contribution is 6.30. The maximum Gasteiger partial charge on any atom is 0.303 e. The van der Waals surface area contributed by atoms with Gasteiger partial charge in [-0.3, -0.25) is 9.59 Å². The Balaban J connectivity index is 2.48. The number of hydrogen-bond donors (Lipinski definition) is 2. The number of amides is 1. The van der Waals surface area contributed by atoms with Crippen molar-refractivity contribution < 1.29 is 14.7 Å². The molecule has 4 nitrogen and oxygen atoms in total. The summed E-state index contributed by atoms with van der Waals surface area (Å²) in [4.78, 5) is 22.1. The minimum atomic E-state index is -0.863. The molecule has 0 aliphatic heterocycles. The monoisotopic (exact) mass is 255 g/mol. The number of carboxylic acids is 1. The highest BCUT2D eigenvalue weighted by Gasteiger charge is 2.10. The maximum atomic E-state index is 11.7. The zero-order valence-corrected chi connectivity index (χ0v) is 10.2. The molecule has 0 heterocycles. The second kappa shape index (κ2) is 6.25. The Morgan fingerprint density at radius 1 is 1.35 bits per heavy atom. The Morgan fingerprint density at radius 2 is 1.94 bits per heavy atom. The van der Waals surface area contributed by atoms with Gasteiger partial charge in [0.2, 0.25) is 0 Å². The van der Waals surface area contributed by atoms with Gasteiger partial charge in [0.1, 0.15) is 0 Å². The number of hydrogen-bond acceptors (Lipinski definition) is 2. The summed E-state index contributed by atoms with van der Waals surface area (Å²) in [5.74, 6) is -1.09. The summed E-state index contributed by atoms with van der Waals surface area (Å²) >= 11 is 5.71. The van der Waals surface area contributed by atoms with E-state index in [1.165, 1.54) is 0 Å². The highest BCUT2D eigenvalue weighted by Crippen LogP contribution is 2.09. The van der Waals surface area contributed by atoms with Crippen molar-refractivity contribution in [3.63, 3.8) is 0 Å². The predicted molar refractivity (Wildman–Crippen MR) is 65.3 cm³/mol.